The van der Waals surface area contributed by atoms with E-state index in [0.717, 1.165) is 44.0 Å². The first-order chi connectivity index (χ1) is 13.0. The highest BCUT2D eigenvalue weighted by molar-refractivity contribution is 5.40. The molecule has 5 heteroatoms. The van der Waals surface area contributed by atoms with Crippen LogP contribution in [0.25, 0.3) is 0 Å². The maximum Gasteiger partial charge on any atom is 0.225 e. The Labute approximate surface area is 165 Å². The van der Waals surface area contributed by atoms with Crippen LogP contribution in [0.5, 0.6) is 0 Å². The number of piperazine rings is 1. The molecule has 0 aromatic carbocycles. The summed E-state index contributed by atoms with van der Waals surface area (Å²) in [5, 5.41) is 0. The van der Waals surface area contributed by atoms with Crippen LogP contribution in [-0.4, -0.2) is 70.6 Å². The lowest BCUT2D eigenvalue weighted by Gasteiger charge is -2.42. The highest BCUT2D eigenvalue weighted by atomic mass is 15.4. The molecule has 0 spiro atoms. The summed E-state index contributed by atoms with van der Waals surface area (Å²) in [6.45, 7) is 12.4. The van der Waals surface area contributed by atoms with E-state index in [0.29, 0.717) is 24.2 Å². The zero-order valence-corrected chi connectivity index (χ0v) is 17.6. The topological polar surface area (TPSA) is 35.5 Å². The van der Waals surface area contributed by atoms with Gasteiger partial charge in [-0.3, -0.25) is 4.90 Å². The molecule has 0 radical (unpaired) electrons. The molecule has 5 nitrogen and oxygen atoms in total. The molecule has 3 heterocycles. The number of fused-ring (bicyclic) bond motifs is 2. The lowest BCUT2D eigenvalue weighted by Crippen LogP contribution is -2.56. The molecular weight excluding hydrogens is 334 g/mol. The Balaban J connectivity index is 1.54. The Hall–Kier alpha value is -1.64. The van der Waals surface area contributed by atoms with Gasteiger partial charge in [-0.05, 0) is 60.5 Å². The highest BCUT2D eigenvalue weighted by Crippen LogP contribution is 2.33. The number of hydrogen-bond donors (Lipinski definition) is 0. The molecule has 0 saturated carbocycles. The van der Waals surface area contributed by atoms with Gasteiger partial charge in [0.2, 0.25) is 5.95 Å². The van der Waals surface area contributed by atoms with Crippen LogP contribution in [0.1, 0.15) is 58.9 Å². The fourth-order valence-electron chi connectivity index (χ4n) is 4.04. The van der Waals surface area contributed by atoms with E-state index in [9.17, 15) is 0 Å². The fourth-order valence-corrected chi connectivity index (χ4v) is 4.04. The van der Waals surface area contributed by atoms with Crippen molar-refractivity contribution in [2.75, 3.05) is 31.6 Å². The molecule has 27 heavy (non-hydrogen) atoms. The minimum atomic E-state index is 0.557. The van der Waals surface area contributed by atoms with Crippen LogP contribution in [-0.2, 0) is 0 Å². The second-order valence-corrected chi connectivity index (χ2v) is 8.59. The number of likely N-dealkylation sites (tertiary alicyclic amines) is 1. The first-order valence-electron chi connectivity index (χ1n) is 10.5. The molecule has 1 aromatic rings. The van der Waals surface area contributed by atoms with E-state index < -0.39 is 0 Å². The second-order valence-electron chi connectivity index (χ2n) is 8.59. The summed E-state index contributed by atoms with van der Waals surface area (Å²) in [7, 11) is 2.17. The van der Waals surface area contributed by atoms with Gasteiger partial charge in [-0.1, -0.05) is 11.8 Å². The molecule has 148 valence electrons. The molecule has 2 atom stereocenters. The Kier molecular flexibility index (Phi) is 6.73. The van der Waals surface area contributed by atoms with Crippen molar-refractivity contribution in [3.8, 4) is 11.8 Å². The number of aromatic nitrogens is 2. The standard InChI is InChI=1S/C22H35N5/c1-17(2)25(5)12-8-6-7-9-19-13-23-22(24-14-19)27-20-10-11-21(27)16-26(15-20)18(3)4/h13-14,17-18,20-21H,6,8,10-12,15-16H2,1-5H3. The van der Waals surface area contributed by atoms with E-state index in [1.165, 1.54) is 12.8 Å². The van der Waals surface area contributed by atoms with E-state index in [4.69, 9.17) is 0 Å². The zero-order chi connectivity index (χ0) is 19.4. The van der Waals surface area contributed by atoms with Gasteiger partial charge in [0.15, 0.2) is 0 Å². The molecule has 0 N–H and O–H groups in total. The van der Waals surface area contributed by atoms with Crippen molar-refractivity contribution >= 4 is 5.95 Å². The zero-order valence-electron chi connectivity index (χ0n) is 17.6. The summed E-state index contributed by atoms with van der Waals surface area (Å²) in [5.41, 5.74) is 0.920. The van der Waals surface area contributed by atoms with Gasteiger partial charge in [0.1, 0.15) is 0 Å². The molecule has 0 amide bonds. The van der Waals surface area contributed by atoms with Crippen LogP contribution in [0.15, 0.2) is 12.4 Å². The van der Waals surface area contributed by atoms with Gasteiger partial charge in [0, 0.05) is 56.1 Å². The SMILES string of the molecule is CC(C)N(C)CCCC#Cc1cnc(N2C3CCC2CN(C(C)C)C3)nc1. The Morgan fingerprint density at radius 3 is 2.30 bits per heavy atom. The van der Waals surface area contributed by atoms with Crippen molar-refractivity contribution in [2.24, 2.45) is 0 Å². The van der Waals surface area contributed by atoms with E-state index in [-0.39, 0.29) is 0 Å². The van der Waals surface area contributed by atoms with Gasteiger partial charge in [0.05, 0.1) is 5.56 Å². The predicted molar refractivity (Wildman–Crippen MR) is 112 cm³/mol. The van der Waals surface area contributed by atoms with Crippen molar-refractivity contribution in [1.29, 1.82) is 0 Å². The Morgan fingerprint density at radius 1 is 1.11 bits per heavy atom. The van der Waals surface area contributed by atoms with Crippen molar-refractivity contribution in [1.82, 2.24) is 19.8 Å². The van der Waals surface area contributed by atoms with Crippen molar-refractivity contribution in [3.05, 3.63) is 18.0 Å². The molecular formula is C22H35N5. The van der Waals surface area contributed by atoms with Crippen LogP contribution < -0.4 is 4.90 Å². The lowest BCUT2D eigenvalue weighted by molar-refractivity contribution is 0.176. The van der Waals surface area contributed by atoms with Gasteiger partial charge in [0.25, 0.3) is 0 Å². The third kappa shape index (κ3) is 5.00. The molecule has 0 aliphatic carbocycles. The van der Waals surface area contributed by atoms with Gasteiger partial charge in [-0.2, -0.15) is 0 Å². The van der Waals surface area contributed by atoms with E-state index in [1.54, 1.807) is 0 Å². The summed E-state index contributed by atoms with van der Waals surface area (Å²) in [5.74, 6) is 7.37. The van der Waals surface area contributed by atoms with E-state index >= 15 is 0 Å². The summed E-state index contributed by atoms with van der Waals surface area (Å²) < 4.78 is 0. The monoisotopic (exact) mass is 369 g/mol. The number of rotatable bonds is 6. The molecule has 2 aliphatic rings. The summed E-state index contributed by atoms with van der Waals surface area (Å²) in [4.78, 5) is 16.7. The maximum atomic E-state index is 4.65. The van der Waals surface area contributed by atoms with Crippen LogP contribution >= 0.6 is 0 Å². The van der Waals surface area contributed by atoms with Crippen molar-refractivity contribution < 1.29 is 0 Å². The quantitative estimate of drug-likeness (QED) is 0.569. The Bertz CT molecular complexity index is 644. The van der Waals surface area contributed by atoms with Crippen molar-refractivity contribution in [2.45, 2.75) is 77.5 Å². The molecule has 2 aliphatic heterocycles. The lowest BCUT2D eigenvalue weighted by atomic mass is 10.1. The van der Waals surface area contributed by atoms with E-state index in [2.05, 4.69) is 71.3 Å². The van der Waals surface area contributed by atoms with Gasteiger partial charge in [-0.25, -0.2) is 9.97 Å². The molecule has 2 saturated heterocycles. The van der Waals surface area contributed by atoms with Crippen LogP contribution in [0.3, 0.4) is 0 Å². The summed E-state index contributed by atoms with van der Waals surface area (Å²) in [6, 6.07) is 2.33. The largest absolute Gasteiger partial charge is 0.332 e. The first-order valence-corrected chi connectivity index (χ1v) is 10.5. The molecule has 1 aromatic heterocycles. The number of unbranched alkanes of at least 4 members (excludes halogenated alkanes) is 1. The third-order valence-corrected chi connectivity index (χ3v) is 6.04. The van der Waals surface area contributed by atoms with Crippen LogP contribution in [0, 0.1) is 11.8 Å². The smallest absolute Gasteiger partial charge is 0.225 e. The minimum absolute atomic E-state index is 0.557. The fraction of sp³-hybridized carbons (Fsp3) is 0.727. The second kappa shape index (κ2) is 9.03. The number of hydrogen-bond acceptors (Lipinski definition) is 5. The van der Waals surface area contributed by atoms with Crippen LogP contribution in [0.2, 0.25) is 0 Å². The average Bonchev–Trinajstić information content (AvgIpc) is 2.90. The molecule has 2 bridgehead atoms. The third-order valence-electron chi connectivity index (χ3n) is 6.04. The van der Waals surface area contributed by atoms with Crippen molar-refractivity contribution in [3.63, 3.8) is 0 Å². The van der Waals surface area contributed by atoms with Crippen LogP contribution in [0.4, 0.5) is 5.95 Å². The predicted octanol–water partition coefficient (Wildman–Crippen LogP) is 3.01. The maximum absolute atomic E-state index is 4.65. The molecule has 2 unspecified atom stereocenters. The highest BCUT2D eigenvalue weighted by Gasteiger charge is 2.41. The summed E-state index contributed by atoms with van der Waals surface area (Å²) >= 11 is 0. The number of nitrogens with zero attached hydrogens (tertiary/aromatic N) is 5. The first kappa shape index (κ1) is 20.1. The Morgan fingerprint density at radius 2 is 1.74 bits per heavy atom. The normalized spacial score (nSPS) is 22.6. The number of anilines is 1. The average molecular weight is 370 g/mol. The van der Waals surface area contributed by atoms with Gasteiger partial charge >= 0.3 is 0 Å². The van der Waals surface area contributed by atoms with E-state index in [1.807, 2.05) is 12.4 Å². The van der Waals surface area contributed by atoms with Gasteiger partial charge < -0.3 is 9.80 Å². The molecule has 2 fully saturated rings. The summed E-state index contributed by atoms with van der Waals surface area (Å²) in [6.07, 6.45) is 8.31. The molecule has 3 rings (SSSR count). The van der Waals surface area contributed by atoms with Gasteiger partial charge in [-0.15, -0.1) is 0 Å². The minimum Gasteiger partial charge on any atom is -0.332 e.